The van der Waals surface area contributed by atoms with Gasteiger partial charge in [-0.25, -0.2) is 0 Å². The number of carbonyl (C=O) groups is 3. The van der Waals surface area contributed by atoms with Crippen molar-refractivity contribution < 1.29 is 28.6 Å². The molecule has 2 atom stereocenters. The Morgan fingerprint density at radius 3 is 2.20 bits per heavy atom. The van der Waals surface area contributed by atoms with Crippen LogP contribution in [0.5, 0.6) is 0 Å². The fourth-order valence-electron chi connectivity index (χ4n) is 3.45. The van der Waals surface area contributed by atoms with E-state index in [-0.39, 0.29) is 14.1 Å². The molecule has 0 aromatic heterocycles. The molecule has 0 radical (unpaired) electrons. The van der Waals surface area contributed by atoms with E-state index in [1.165, 1.54) is 34.3 Å². The summed E-state index contributed by atoms with van der Waals surface area (Å²) >= 11 is 2.86. The molecular formula is C17H18ClInO6. The number of rotatable bonds is 7. The fraction of sp³-hybridized carbons (Fsp3) is 0.353. The fourth-order valence-corrected chi connectivity index (χ4v) is 13.7. The molecular weight excluding hydrogens is 450 g/mol. The first-order chi connectivity index (χ1) is 12.0. The van der Waals surface area contributed by atoms with Crippen LogP contribution in [0.1, 0.15) is 36.9 Å². The number of carbonyl (C=O) groups excluding carboxylic acids is 3. The van der Waals surface area contributed by atoms with Crippen molar-refractivity contribution in [1.82, 2.24) is 0 Å². The maximum absolute atomic E-state index is 12.5. The van der Waals surface area contributed by atoms with Gasteiger partial charge in [-0.1, -0.05) is 0 Å². The first kappa shape index (κ1) is 20.0. The number of allylic oxidation sites excluding steroid dienone is 1. The van der Waals surface area contributed by atoms with Gasteiger partial charge in [0.2, 0.25) is 0 Å². The number of aldehydes is 2. The molecule has 0 saturated carbocycles. The average molecular weight is 469 g/mol. The van der Waals surface area contributed by atoms with Crippen molar-refractivity contribution >= 4 is 49.2 Å². The molecule has 0 N–H and O–H groups in total. The summed E-state index contributed by atoms with van der Waals surface area (Å²) in [4.78, 5) is 35.7. The molecule has 8 heteroatoms. The molecule has 2 unspecified atom stereocenters. The van der Waals surface area contributed by atoms with Gasteiger partial charge in [-0.15, -0.1) is 0 Å². The Kier molecular flexibility index (Phi) is 6.71. The van der Waals surface area contributed by atoms with E-state index in [1.54, 1.807) is 6.07 Å². The van der Waals surface area contributed by atoms with E-state index in [1.807, 2.05) is 0 Å². The van der Waals surface area contributed by atoms with E-state index in [9.17, 15) is 14.4 Å². The van der Waals surface area contributed by atoms with Crippen molar-refractivity contribution in [2.45, 2.75) is 14.5 Å². The third kappa shape index (κ3) is 3.37. The number of hydrogen-bond donors (Lipinski definition) is 0. The van der Waals surface area contributed by atoms with Gasteiger partial charge in [0.05, 0.1) is 0 Å². The van der Waals surface area contributed by atoms with Gasteiger partial charge in [0.25, 0.3) is 0 Å². The summed E-state index contributed by atoms with van der Waals surface area (Å²) < 4.78 is 15.6. The second kappa shape index (κ2) is 8.38. The van der Waals surface area contributed by atoms with Crippen molar-refractivity contribution in [1.29, 1.82) is 0 Å². The molecule has 0 aliphatic carbocycles. The van der Waals surface area contributed by atoms with Gasteiger partial charge >= 0.3 is 159 Å². The molecule has 1 aromatic rings. The molecule has 132 valence electrons. The molecule has 1 aliphatic heterocycles. The van der Waals surface area contributed by atoms with Gasteiger partial charge in [0.1, 0.15) is 0 Å². The van der Waals surface area contributed by atoms with Crippen LogP contribution in [0.2, 0.25) is 5.02 Å². The monoisotopic (exact) mass is 468 g/mol. The molecule has 6 nitrogen and oxygen atoms in total. The van der Waals surface area contributed by atoms with E-state index < -0.39 is 29.0 Å². The van der Waals surface area contributed by atoms with Crippen LogP contribution < -0.4 is 0 Å². The van der Waals surface area contributed by atoms with Crippen molar-refractivity contribution in [2.24, 2.45) is 0 Å². The Balaban J connectivity index is 2.84. The van der Waals surface area contributed by atoms with Crippen molar-refractivity contribution in [3.63, 3.8) is 0 Å². The summed E-state index contributed by atoms with van der Waals surface area (Å²) in [5, 5.41) is 0.222. The summed E-state index contributed by atoms with van der Waals surface area (Å²) in [6, 6.07) is 3.04. The SMILES string of the molecule is COC1=C(OC)[CH](c2c(C=O)ccc(Cl)c2C=O)[In]([C](C)=O)[CH]1OC. The maximum atomic E-state index is 12.5. The molecule has 1 aliphatic rings. The number of methoxy groups -OCH3 is 3. The van der Waals surface area contributed by atoms with E-state index in [0.29, 0.717) is 35.2 Å². The van der Waals surface area contributed by atoms with E-state index in [2.05, 4.69) is 0 Å². The summed E-state index contributed by atoms with van der Waals surface area (Å²) in [6.45, 7) is 1.51. The number of ether oxygens (including phenoxy) is 3. The van der Waals surface area contributed by atoms with Crippen molar-refractivity contribution in [3.05, 3.63) is 45.4 Å². The van der Waals surface area contributed by atoms with Gasteiger partial charge < -0.3 is 0 Å². The van der Waals surface area contributed by atoms with Gasteiger partial charge in [-0.3, -0.25) is 0 Å². The number of hydrogen-bond acceptors (Lipinski definition) is 6. The zero-order chi connectivity index (χ0) is 18.7. The van der Waals surface area contributed by atoms with Crippen LogP contribution >= 0.6 is 11.6 Å². The van der Waals surface area contributed by atoms with Crippen LogP contribution in [0.4, 0.5) is 0 Å². The molecule has 0 saturated heterocycles. The molecule has 0 amide bonds. The van der Waals surface area contributed by atoms with E-state index >= 15 is 0 Å². The molecule has 0 fully saturated rings. The summed E-state index contributed by atoms with van der Waals surface area (Å²) in [7, 11) is 4.45. The minimum absolute atomic E-state index is 0.0222. The summed E-state index contributed by atoms with van der Waals surface area (Å²) in [6.07, 6.45) is 1.26. The zero-order valence-electron chi connectivity index (χ0n) is 14.4. The Hall–Kier alpha value is -1.31. The molecule has 2 rings (SSSR count). The van der Waals surface area contributed by atoms with Gasteiger partial charge in [-0.2, -0.15) is 0 Å². The predicted octanol–water partition coefficient (Wildman–Crippen LogP) is 2.28. The third-order valence-corrected chi connectivity index (χ3v) is 14.8. The van der Waals surface area contributed by atoms with Crippen LogP contribution in [0.25, 0.3) is 0 Å². The van der Waals surface area contributed by atoms with E-state index in [4.69, 9.17) is 25.8 Å². The average Bonchev–Trinajstić information content (AvgIpc) is 2.94. The van der Waals surface area contributed by atoms with Crippen molar-refractivity contribution in [3.8, 4) is 0 Å². The van der Waals surface area contributed by atoms with Gasteiger partial charge in [0.15, 0.2) is 0 Å². The third-order valence-electron chi connectivity index (χ3n) is 4.46. The van der Waals surface area contributed by atoms with Crippen LogP contribution in [-0.4, -0.2) is 62.7 Å². The standard InChI is InChI=1S/C15H15ClO5.C2H3O.In/c1-19-9-15(21-3)14(20-2)6-11-10(7-17)4-5-13(16)12(11)8-18;1-2-3;/h4-9H,1-3H3;1H3;. The normalized spacial score (nSPS) is 19.8. The quantitative estimate of drug-likeness (QED) is 0.572. The van der Waals surface area contributed by atoms with Crippen LogP contribution in [-0.2, 0) is 19.0 Å². The van der Waals surface area contributed by atoms with E-state index in [0.717, 1.165) is 0 Å². The Morgan fingerprint density at radius 2 is 1.76 bits per heavy atom. The first-order valence-corrected chi connectivity index (χ1v) is 13.4. The van der Waals surface area contributed by atoms with Crippen LogP contribution in [0.3, 0.4) is 0 Å². The van der Waals surface area contributed by atoms with Gasteiger partial charge in [-0.05, 0) is 0 Å². The summed E-state index contributed by atoms with van der Waals surface area (Å²) in [5.41, 5.74) is 0.932. The van der Waals surface area contributed by atoms with Crippen LogP contribution in [0.15, 0.2) is 23.7 Å². The van der Waals surface area contributed by atoms with Gasteiger partial charge in [0, 0.05) is 0 Å². The van der Waals surface area contributed by atoms with Crippen molar-refractivity contribution in [2.75, 3.05) is 21.3 Å². The second-order valence-corrected chi connectivity index (χ2v) is 15.0. The summed E-state index contributed by atoms with van der Waals surface area (Å²) in [5.74, 6) is 0.874. The Labute approximate surface area is 158 Å². The number of halogens is 1. The minimum atomic E-state index is -3.30. The number of benzene rings is 1. The molecule has 0 spiro atoms. The second-order valence-electron chi connectivity index (χ2n) is 5.61. The predicted molar refractivity (Wildman–Crippen MR) is 93.2 cm³/mol. The molecule has 0 bridgehead atoms. The molecule has 25 heavy (non-hydrogen) atoms. The molecule has 1 aromatic carbocycles. The topological polar surface area (TPSA) is 78.9 Å². The molecule has 1 heterocycles. The zero-order valence-corrected chi connectivity index (χ0v) is 18.4. The Bertz CT molecular complexity index is 745. The first-order valence-electron chi connectivity index (χ1n) is 7.54. The Morgan fingerprint density at radius 1 is 1.12 bits per heavy atom. The van der Waals surface area contributed by atoms with Crippen LogP contribution in [0, 0.1) is 0 Å².